The quantitative estimate of drug-likeness (QED) is 0.173. The van der Waals surface area contributed by atoms with Crippen molar-refractivity contribution in [1.29, 1.82) is 0 Å². The van der Waals surface area contributed by atoms with E-state index >= 15 is 0 Å². The van der Waals surface area contributed by atoms with Gasteiger partial charge in [-0.25, -0.2) is 0 Å². The molecule has 1 unspecified atom stereocenters. The van der Waals surface area contributed by atoms with Crippen LogP contribution < -0.4 is 0 Å². The molecular formula is C41H31Cl4N3O3. The zero-order valence-corrected chi connectivity index (χ0v) is 30.4. The van der Waals surface area contributed by atoms with Crippen molar-refractivity contribution >= 4 is 64.1 Å². The summed E-state index contributed by atoms with van der Waals surface area (Å²) >= 11 is 25.4. The largest absolute Gasteiger partial charge is 0.422 e. The molecular weight excluding hydrogens is 724 g/mol. The van der Waals surface area contributed by atoms with Crippen molar-refractivity contribution in [3.63, 3.8) is 0 Å². The molecule has 3 aliphatic rings. The number of nitrogens with zero attached hydrogens (tertiary/aromatic N) is 3. The molecule has 2 spiro atoms. The average Bonchev–Trinajstić information content (AvgIpc) is 3.77. The summed E-state index contributed by atoms with van der Waals surface area (Å²) in [5, 5.41) is 12.0. The maximum Gasteiger partial charge on any atom is 0.346 e. The zero-order valence-electron chi connectivity index (χ0n) is 27.3. The molecule has 256 valence electrons. The molecule has 10 heteroatoms. The minimum absolute atomic E-state index is 0.0267. The Balaban J connectivity index is 1.36. The Bertz CT molecular complexity index is 2140. The van der Waals surface area contributed by atoms with E-state index in [4.69, 9.17) is 66.0 Å². The summed E-state index contributed by atoms with van der Waals surface area (Å²) < 4.78 is 7.09. The molecule has 0 amide bonds. The Morgan fingerprint density at radius 1 is 0.686 bits per heavy atom. The van der Waals surface area contributed by atoms with Gasteiger partial charge in [0.25, 0.3) is 5.90 Å². The van der Waals surface area contributed by atoms with Crippen molar-refractivity contribution < 1.29 is 14.4 Å². The Morgan fingerprint density at radius 2 is 1.25 bits per heavy atom. The Hall–Kier alpha value is -4.30. The second-order valence-electron chi connectivity index (χ2n) is 12.9. The monoisotopic (exact) mass is 753 g/mol. The van der Waals surface area contributed by atoms with Crippen LogP contribution in [0, 0.1) is 0 Å². The van der Waals surface area contributed by atoms with Crippen molar-refractivity contribution in [1.82, 2.24) is 4.90 Å². The van der Waals surface area contributed by atoms with Crippen LogP contribution in [-0.4, -0.2) is 41.0 Å². The highest BCUT2D eigenvalue weighted by Gasteiger charge is 2.74. The van der Waals surface area contributed by atoms with Crippen molar-refractivity contribution in [3.05, 3.63) is 181 Å². The maximum absolute atomic E-state index is 7.09. The SMILES string of the molecule is C[C@H](c1ccccc1)N1C/C(=C/c2ccc(Cl)cc2)[C@]2(ON=C(c3ccc(Cl)cc3)O2)C2(C1)ON=C(c1ccc(Cl)cc1)[C@H]2c1ccc(Cl)cc1. The lowest BCUT2D eigenvalue weighted by Gasteiger charge is -2.52. The van der Waals surface area contributed by atoms with Crippen LogP contribution in [0.15, 0.2) is 143 Å². The first-order chi connectivity index (χ1) is 24.7. The van der Waals surface area contributed by atoms with Gasteiger partial charge in [0, 0.05) is 49.4 Å². The number of hydrogen-bond donors (Lipinski definition) is 0. The lowest BCUT2D eigenvalue weighted by Crippen LogP contribution is -2.69. The highest BCUT2D eigenvalue weighted by molar-refractivity contribution is 6.31. The lowest BCUT2D eigenvalue weighted by atomic mass is 9.68. The summed E-state index contributed by atoms with van der Waals surface area (Å²) in [5.74, 6) is -1.79. The first kappa shape index (κ1) is 33.8. The van der Waals surface area contributed by atoms with Crippen LogP contribution in [0.2, 0.25) is 20.1 Å². The van der Waals surface area contributed by atoms with Crippen molar-refractivity contribution in [3.8, 4) is 0 Å². The third-order valence-corrected chi connectivity index (χ3v) is 10.8. The summed E-state index contributed by atoms with van der Waals surface area (Å²) in [5.41, 5.74) is 4.70. The Morgan fingerprint density at radius 3 is 1.88 bits per heavy atom. The number of oxime groups is 2. The molecule has 0 radical (unpaired) electrons. The maximum atomic E-state index is 7.09. The molecule has 4 atom stereocenters. The van der Waals surface area contributed by atoms with Gasteiger partial charge < -0.3 is 14.4 Å². The number of hydrogen-bond acceptors (Lipinski definition) is 6. The molecule has 1 saturated heterocycles. The summed E-state index contributed by atoms with van der Waals surface area (Å²) in [6.45, 7) is 3.02. The van der Waals surface area contributed by atoms with Gasteiger partial charge in [0.1, 0.15) is 0 Å². The summed E-state index contributed by atoms with van der Waals surface area (Å²) in [6.07, 6.45) is 2.07. The number of benzene rings is 5. The molecule has 0 aromatic heterocycles. The van der Waals surface area contributed by atoms with Crippen molar-refractivity contribution in [2.24, 2.45) is 10.3 Å². The summed E-state index contributed by atoms with van der Waals surface area (Å²) in [6, 6.07) is 40.7. The first-order valence-electron chi connectivity index (χ1n) is 16.5. The van der Waals surface area contributed by atoms with Gasteiger partial charge in [-0.05, 0) is 95.5 Å². The highest BCUT2D eigenvalue weighted by Crippen LogP contribution is 2.57. The third-order valence-electron chi connectivity index (χ3n) is 9.81. The molecule has 51 heavy (non-hydrogen) atoms. The Kier molecular flexibility index (Phi) is 9.07. The number of halogens is 4. The van der Waals surface area contributed by atoms with Crippen LogP contribution in [0.5, 0.6) is 0 Å². The highest BCUT2D eigenvalue weighted by atomic mass is 35.5. The van der Waals surface area contributed by atoms with Crippen LogP contribution in [0.4, 0.5) is 0 Å². The topological polar surface area (TPSA) is 55.7 Å². The second kappa shape index (κ2) is 13.7. The molecule has 8 rings (SSSR count). The molecule has 0 N–H and O–H groups in total. The second-order valence-corrected chi connectivity index (χ2v) is 14.6. The minimum atomic E-state index is -1.57. The molecule has 1 fully saturated rings. The predicted octanol–water partition coefficient (Wildman–Crippen LogP) is 10.8. The molecule has 6 nitrogen and oxygen atoms in total. The van der Waals surface area contributed by atoms with Crippen LogP contribution >= 0.6 is 46.4 Å². The van der Waals surface area contributed by atoms with Crippen LogP contribution in [0.25, 0.3) is 6.08 Å². The van der Waals surface area contributed by atoms with Crippen molar-refractivity contribution in [2.75, 3.05) is 13.1 Å². The number of likely N-dealkylation sites (tertiary alicyclic amines) is 1. The normalized spacial score (nSPS) is 24.2. The van der Waals surface area contributed by atoms with E-state index in [0.717, 1.165) is 27.8 Å². The van der Waals surface area contributed by atoms with Gasteiger partial charge in [-0.1, -0.05) is 118 Å². The van der Waals surface area contributed by atoms with E-state index in [2.05, 4.69) is 47.3 Å². The van der Waals surface area contributed by atoms with Crippen LogP contribution in [0.3, 0.4) is 0 Å². The van der Waals surface area contributed by atoms with E-state index in [1.807, 2.05) is 91.0 Å². The zero-order chi connectivity index (χ0) is 35.2. The summed E-state index contributed by atoms with van der Waals surface area (Å²) in [7, 11) is 0. The van der Waals surface area contributed by atoms with E-state index in [9.17, 15) is 0 Å². The summed E-state index contributed by atoms with van der Waals surface area (Å²) in [4.78, 5) is 16.0. The fraction of sp³-hybridized carbons (Fsp3) is 0.171. The van der Waals surface area contributed by atoms with Gasteiger partial charge in [0.2, 0.25) is 5.60 Å². The van der Waals surface area contributed by atoms with E-state index < -0.39 is 17.3 Å². The minimum Gasteiger partial charge on any atom is -0.422 e. The number of rotatable bonds is 6. The molecule has 3 heterocycles. The van der Waals surface area contributed by atoms with Crippen LogP contribution in [0.1, 0.15) is 46.7 Å². The number of ether oxygens (including phenoxy) is 1. The lowest BCUT2D eigenvalue weighted by molar-refractivity contribution is -0.279. The predicted molar refractivity (Wildman–Crippen MR) is 205 cm³/mol. The van der Waals surface area contributed by atoms with Crippen molar-refractivity contribution in [2.45, 2.75) is 30.3 Å². The van der Waals surface area contributed by atoms with Gasteiger partial charge in [0.15, 0.2) is 0 Å². The molecule has 0 saturated carbocycles. The number of piperidine rings is 1. The first-order valence-corrected chi connectivity index (χ1v) is 18.0. The smallest absolute Gasteiger partial charge is 0.346 e. The molecule has 0 aliphatic carbocycles. The van der Waals surface area contributed by atoms with E-state index in [1.54, 1.807) is 12.1 Å². The van der Waals surface area contributed by atoms with Gasteiger partial charge >= 0.3 is 5.79 Å². The third kappa shape index (κ3) is 6.19. The van der Waals surface area contributed by atoms with E-state index in [0.29, 0.717) is 50.4 Å². The Labute approximate surface area is 316 Å². The van der Waals surface area contributed by atoms with E-state index in [-0.39, 0.29) is 6.04 Å². The number of fused-ring (bicyclic) bond motifs is 1. The standard InChI is InChI=1S/C41H31Cl4N3O3/c1-26(28-5-3-2-4-6-28)48-24-32(23-27-7-15-33(42)16-8-27)41(49-39(47-51-41)31-13-21-36(45)22-14-31)40(25-48)37(29-9-17-34(43)18-10-29)38(46-50-40)30-11-19-35(44)20-12-30/h2-23,26,37H,24-25H2,1H3/b32-23-/t26-,37-,40?,41+/m1/s1. The van der Waals surface area contributed by atoms with E-state index in [1.165, 1.54) is 0 Å². The molecule has 0 bridgehead atoms. The van der Waals surface area contributed by atoms with Crippen LogP contribution in [-0.2, 0) is 14.4 Å². The van der Waals surface area contributed by atoms with Gasteiger partial charge in [0.05, 0.1) is 18.2 Å². The fourth-order valence-corrected chi connectivity index (χ4v) is 7.70. The average molecular weight is 756 g/mol. The molecule has 5 aromatic carbocycles. The van der Waals surface area contributed by atoms with Gasteiger partial charge in [-0.3, -0.25) is 4.90 Å². The van der Waals surface area contributed by atoms with Gasteiger partial charge in [-0.15, -0.1) is 0 Å². The fourth-order valence-electron chi connectivity index (χ4n) is 7.19. The van der Waals surface area contributed by atoms with Gasteiger partial charge in [-0.2, -0.15) is 0 Å². The molecule has 3 aliphatic heterocycles. The molecule has 5 aromatic rings.